The van der Waals surface area contributed by atoms with Crippen molar-refractivity contribution in [2.75, 3.05) is 0 Å². The average molecular weight is 219 g/mol. The third kappa shape index (κ3) is 0.674. The molecule has 0 unspecified atom stereocenters. The van der Waals surface area contributed by atoms with E-state index in [4.69, 9.17) is 0 Å². The summed E-state index contributed by atoms with van der Waals surface area (Å²) >= 11 is 3.56. The molecule has 0 aliphatic heterocycles. The minimum atomic E-state index is 1.15. The summed E-state index contributed by atoms with van der Waals surface area (Å²) in [6, 6.07) is 10.9. The maximum Gasteiger partial charge on any atom is 0.0254 e. The maximum absolute atomic E-state index is 3.56. The molecule has 0 amide bonds. The topological polar surface area (TPSA) is 0 Å². The van der Waals surface area contributed by atoms with Crippen LogP contribution in [0, 0.1) is 0 Å². The lowest BCUT2D eigenvalue weighted by atomic mass is 9.85. The van der Waals surface area contributed by atoms with E-state index in [-0.39, 0.29) is 0 Å². The van der Waals surface area contributed by atoms with Crippen LogP contribution in [0.3, 0.4) is 0 Å². The van der Waals surface area contributed by atoms with Crippen molar-refractivity contribution in [2.45, 2.75) is 6.42 Å². The second-order valence-electron chi connectivity index (χ2n) is 3.22. The molecule has 0 heterocycles. The lowest BCUT2D eigenvalue weighted by molar-refractivity contribution is 1.16. The van der Waals surface area contributed by atoms with Crippen molar-refractivity contribution < 1.29 is 0 Å². The summed E-state index contributed by atoms with van der Waals surface area (Å²) in [5.41, 5.74) is 2.98. The van der Waals surface area contributed by atoms with E-state index in [1.807, 2.05) is 0 Å². The van der Waals surface area contributed by atoms with Crippen molar-refractivity contribution >= 4 is 26.7 Å². The van der Waals surface area contributed by atoms with Gasteiger partial charge in [0.05, 0.1) is 0 Å². The smallest absolute Gasteiger partial charge is 0.0254 e. The molecule has 58 valence electrons. The first-order chi connectivity index (χ1) is 5.86. The molecule has 1 aliphatic rings. The molecule has 0 N–H and O–H groups in total. The van der Waals surface area contributed by atoms with Gasteiger partial charge < -0.3 is 0 Å². The van der Waals surface area contributed by atoms with Gasteiger partial charge in [0.2, 0.25) is 0 Å². The predicted molar refractivity (Wildman–Crippen MR) is 54.5 cm³/mol. The summed E-state index contributed by atoms with van der Waals surface area (Å²) in [6.07, 6.45) is 1.15. The van der Waals surface area contributed by atoms with Gasteiger partial charge >= 0.3 is 0 Å². The highest BCUT2D eigenvalue weighted by Crippen LogP contribution is 2.37. The number of halogens is 1. The third-order valence-electron chi connectivity index (χ3n) is 2.54. The lowest BCUT2D eigenvalue weighted by Gasteiger charge is -2.20. The normalized spacial score (nSPS) is 13.1. The van der Waals surface area contributed by atoms with E-state index < -0.39 is 0 Å². The Morgan fingerprint density at radius 3 is 2.67 bits per heavy atom. The Morgan fingerprint density at radius 1 is 1.00 bits per heavy atom. The monoisotopic (exact) mass is 218 g/mol. The van der Waals surface area contributed by atoms with Crippen LogP contribution < -0.4 is 0 Å². The molecular weight excluding hydrogens is 212 g/mol. The van der Waals surface area contributed by atoms with Crippen LogP contribution in [0.5, 0.6) is 0 Å². The van der Waals surface area contributed by atoms with Gasteiger partial charge in [0.15, 0.2) is 0 Å². The van der Waals surface area contributed by atoms with E-state index in [1.165, 1.54) is 26.4 Å². The third-order valence-corrected chi connectivity index (χ3v) is 3.23. The van der Waals surface area contributed by atoms with Gasteiger partial charge in [-0.3, -0.25) is 0 Å². The lowest BCUT2D eigenvalue weighted by Crippen LogP contribution is -2.02. The zero-order valence-corrected chi connectivity index (χ0v) is 8.06. The summed E-state index contributed by atoms with van der Waals surface area (Å²) in [5, 5.41) is 2.82. The van der Waals surface area contributed by atoms with Crippen LogP contribution >= 0.6 is 15.9 Å². The molecule has 0 saturated carbocycles. The fraction of sp³-hybridized carbons (Fsp3) is 0.0909. The first-order valence-corrected chi connectivity index (χ1v) is 4.84. The molecular formula is C11H7Br. The van der Waals surface area contributed by atoms with Gasteiger partial charge in [-0.2, -0.15) is 0 Å². The molecule has 2 aromatic rings. The van der Waals surface area contributed by atoms with E-state index in [2.05, 4.69) is 46.3 Å². The highest BCUT2D eigenvalue weighted by atomic mass is 79.9. The van der Waals surface area contributed by atoms with Gasteiger partial charge in [-0.05, 0) is 34.4 Å². The molecule has 0 saturated heterocycles. The largest absolute Gasteiger partial charge is 0.0613 e. The molecule has 0 fully saturated rings. The Kier molecular flexibility index (Phi) is 1.17. The Morgan fingerprint density at radius 2 is 1.83 bits per heavy atom. The molecule has 0 bridgehead atoms. The summed E-state index contributed by atoms with van der Waals surface area (Å²) in [5.74, 6) is 0. The van der Waals surface area contributed by atoms with Crippen LogP contribution in [0.1, 0.15) is 11.1 Å². The van der Waals surface area contributed by atoms with Crippen molar-refractivity contribution in [3.63, 3.8) is 0 Å². The minimum absolute atomic E-state index is 1.15. The Hall–Kier alpha value is -0.820. The van der Waals surface area contributed by atoms with Gasteiger partial charge in [-0.25, -0.2) is 0 Å². The molecule has 1 heteroatoms. The van der Waals surface area contributed by atoms with Crippen molar-refractivity contribution in [2.24, 2.45) is 0 Å². The zero-order chi connectivity index (χ0) is 8.13. The summed E-state index contributed by atoms with van der Waals surface area (Å²) in [6.45, 7) is 0. The van der Waals surface area contributed by atoms with E-state index >= 15 is 0 Å². The van der Waals surface area contributed by atoms with Crippen LogP contribution in [-0.4, -0.2) is 0 Å². The Balaban J connectivity index is 2.59. The van der Waals surface area contributed by atoms with E-state index in [1.54, 1.807) is 0 Å². The summed E-state index contributed by atoms with van der Waals surface area (Å²) in [4.78, 5) is 0. The quantitative estimate of drug-likeness (QED) is 0.542. The number of hydrogen-bond acceptors (Lipinski definition) is 0. The van der Waals surface area contributed by atoms with Gasteiger partial charge in [0.1, 0.15) is 0 Å². The van der Waals surface area contributed by atoms with Crippen molar-refractivity contribution in [3.8, 4) is 0 Å². The first kappa shape index (κ1) is 6.67. The Labute approximate surface area is 79.3 Å². The summed E-state index contributed by atoms with van der Waals surface area (Å²) < 4.78 is 1.21. The van der Waals surface area contributed by atoms with Gasteiger partial charge in [-0.15, -0.1) is 0 Å². The van der Waals surface area contributed by atoms with E-state index in [9.17, 15) is 0 Å². The second kappa shape index (κ2) is 2.11. The van der Waals surface area contributed by atoms with Gasteiger partial charge in [0, 0.05) is 4.47 Å². The SMILES string of the molecule is Brc1ccc2c3c(cccc13)C2. The zero-order valence-electron chi connectivity index (χ0n) is 6.47. The number of benzene rings is 2. The van der Waals surface area contributed by atoms with Crippen LogP contribution in [0.2, 0.25) is 0 Å². The molecule has 1 aliphatic carbocycles. The molecule has 3 rings (SSSR count). The molecule has 0 atom stereocenters. The fourth-order valence-electron chi connectivity index (χ4n) is 1.92. The molecule has 0 radical (unpaired) electrons. The van der Waals surface area contributed by atoms with Crippen LogP contribution in [0.4, 0.5) is 0 Å². The molecule has 2 aromatic carbocycles. The summed E-state index contributed by atoms with van der Waals surface area (Å²) in [7, 11) is 0. The fourth-order valence-corrected chi connectivity index (χ4v) is 2.38. The number of hydrogen-bond donors (Lipinski definition) is 0. The number of rotatable bonds is 0. The highest BCUT2D eigenvalue weighted by Gasteiger charge is 2.16. The standard InChI is InChI=1S/C11H7Br/c12-10-5-4-8-6-7-2-1-3-9(10)11(7)8/h1-5H,6H2. The van der Waals surface area contributed by atoms with Crippen LogP contribution in [-0.2, 0) is 6.42 Å². The average Bonchev–Trinajstić information content (AvgIpc) is 2.05. The first-order valence-electron chi connectivity index (χ1n) is 4.05. The molecule has 12 heavy (non-hydrogen) atoms. The van der Waals surface area contributed by atoms with Crippen molar-refractivity contribution in [1.82, 2.24) is 0 Å². The Bertz CT molecular complexity index is 446. The highest BCUT2D eigenvalue weighted by molar-refractivity contribution is 9.10. The maximum atomic E-state index is 3.56. The van der Waals surface area contributed by atoms with Crippen molar-refractivity contribution in [3.05, 3.63) is 45.9 Å². The van der Waals surface area contributed by atoms with E-state index in [0.717, 1.165) is 6.42 Å². The molecule has 0 nitrogen and oxygen atoms in total. The second-order valence-corrected chi connectivity index (χ2v) is 4.08. The van der Waals surface area contributed by atoms with E-state index in [0.29, 0.717) is 0 Å². The van der Waals surface area contributed by atoms with Gasteiger partial charge in [0.25, 0.3) is 0 Å². The van der Waals surface area contributed by atoms with Crippen molar-refractivity contribution in [1.29, 1.82) is 0 Å². The molecule has 0 spiro atoms. The molecule has 0 aromatic heterocycles. The van der Waals surface area contributed by atoms with Gasteiger partial charge in [-0.1, -0.05) is 40.2 Å². The predicted octanol–water partition coefficient (Wildman–Crippen LogP) is 3.51. The van der Waals surface area contributed by atoms with Crippen LogP contribution in [0.25, 0.3) is 10.8 Å². The minimum Gasteiger partial charge on any atom is -0.0613 e. The van der Waals surface area contributed by atoms with Crippen LogP contribution in [0.15, 0.2) is 34.8 Å².